The van der Waals surface area contributed by atoms with Crippen molar-refractivity contribution in [1.29, 1.82) is 5.26 Å². The number of nitriles is 1. The molecule has 0 unspecified atom stereocenters. The molecule has 0 saturated heterocycles. The first-order chi connectivity index (χ1) is 9.51. The van der Waals surface area contributed by atoms with Gasteiger partial charge in [-0.25, -0.2) is 0 Å². The van der Waals surface area contributed by atoms with Crippen LogP contribution in [-0.4, -0.2) is 4.92 Å². The van der Waals surface area contributed by atoms with Crippen LogP contribution in [0.5, 0.6) is 0 Å². The summed E-state index contributed by atoms with van der Waals surface area (Å²) in [6.45, 7) is 0. The average molecular weight is 333 g/mol. The number of non-ortho nitro benzene ring substituents is 1. The zero-order chi connectivity index (χ0) is 14.7. The number of nitrogens with zero attached hydrogens (tertiary/aromatic N) is 2. The smallest absolute Gasteiger partial charge is 0.271 e. The molecule has 0 aliphatic carbocycles. The van der Waals surface area contributed by atoms with Crippen molar-refractivity contribution in [3.63, 3.8) is 0 Å². The molecule has 0 aliphatic heterocycles. The van der Waals surface area contributed by atoms with E-state index in [0.29, 0.717) is 16.9 Å². The normalized spacial score (nSPS) is 9.80. The van der Waals surface area contributed by atoms with Crippen molar-refractivity contribution in [2.24, 2.45) is 0 Å². The fourth-order valence-corrected chi connectivity index (χ4v) is 2.00. The van der Waals surface area contributed by atoms with Crippen molar-refractivity contribution < 1.29 is 4.92 Å². The van der Waals surface area contributed by atoms with E-state index >= 15 is 0 Å². The number of nitro benzene ring substituents is 1. The van der Waals surface area contributed by atoms with Gasteiger partial charge in [0.25, 0.3) is 5.69 Å². The summed E-state index contributed by atoms with van der Waals surface area (Å²) in [5.74, 6) is 0. The third kappa shape index (κ3) is 2.87. The molecule has 0 amide bonds. The zero-order valence-corrected chi connectivity index (χ0v) is 11.7. The summed E-state index contributed by atoms with van der Waals surface area (Å²) in [5, 5.41) is 22.7. The molecular formula is C13H9BrN4O2. The van der Waals surface area contributed by atoms with Crippen LogP contribution in [0.15, 0.2) is 40.9 Å². The van der Waals surface area contributed by atoms with Crippen LogP contribution in [0.25, 0.3) is 0 Å². The van der Waals surface area contributed by atoms with E-state index in [1.807, 2.05) is 0 Å². The molecule has 20 heavy (non-hydrogen) atoms. The number of nitro groups is 1. The molecule has 0 fully saturated rings. The van der Waals surface area contributed by atoms with E-state index in [4.69, 9.17) is 11.0 Å². The molecule has 0 saturated carbocycles. The Labute approximate surface area is 123 Å². The molecule has 100 valence electrons. The Morgan fingerprint density at radius 2 is 1.95 bits per heavy atom. The number of hydrogen-bond donors (Lipinski definition) is 2. The number of rotatable bonds is 3. The third-order valence-electron chi connectivity index (χ3n) is 2.62. The zero-order valence-electron chi connectivity index (χ0n) is 10.1. The highest BCUT2D eigenvalue weighted by Crippen LogP contribution is 2.29. The number of nitrogens with one attached hydrogen (secondary N) is 1. The quantitative estimate of drug-likeness (QED) is 0.508. The fraction of sp³-hybridized carbons (Fsp3) is 0. The number of benzene rings is 2. The van der Waals surface area contributed by atoms with Crippen molar-refractivity contribution in [1.82, 2.24) is 0 Å². The Morgan fingerprint density at radius 1 is 1.25 bits per heavy atom. The lowest BCUT2D eigenvalue weighted by Gasteiger charge is -2.10. The molecule has 0 aromatic heterocycles. The molecule has 7 heteroatoms. The summed E-state index contributed by atoms with van der Waals surface area (Å²) in [6.07, 6.45) is 0. The van der Waals surface area contributed by atoms with Gasteiger partial charge in [0.1, 0.15) is 6.07 Å². The maximum atomic E-state index is 10.6. The molecule has 0 bridgehead atoms. The van der Waals surface area contributed by atoms with Crippen LogP contribution in [0.3, 0.4) is 0 Å². The minimum Gasteiger partial charge on any atom is -0.397 e. The lowest BCUT2D eigenvalue weighted by Crippen LogP contribution is -1.99. The van der Waals surface area contributed by atoms with Crippen LogP contribution in [0.1, 0.15) is 5.56 Å². The Balaban J connectivity index is 2.36. The van der Waals surface area contributed by atoms with Gasteiger partial charge in [0.15, 0.2) is 0 Å². The first-order valence-corrected chi connectivity index (χ1v) is 6.31. The van der Waals surface area contributed by atoms with Crippen molar-refractivity contribution in [2.45, 2.75) is 0 Å². The summed E-state index contributed by atoms with van der Waals surface area (Å²) >= 11 is 3.28. The van der Waals surface area contributed by atoms with Gasteiger partial charge in [0, 0.05) is 16.6 Å². The topological polar surface area (TPSA) is 105 Å². The van der Waals surface area contributed by atoms with Crippen molar-refractivity contribution in [2.75, 3.05) is 11.1 Å². The van der Waals surface area contributed by atoms with Crippen molar-refractivity contribution >= 4 is 38.7 Å². The van der Waals surface area contributed by atoms with Crippen LogP contribution >= 0.6 is 15.9 Å². The molecule has 6 nitrogen and oxygen atoms in total. The number of halogens is 1. The van der Waals surface area contributed by atoms with Crippen molar-refractivity contribution in [3.05, 3.63) is 56.5 Å². The van der Waals surface area contributed by atoms with Gasteiger partial charge in [0.05, 0.1) is 27.5 Å². The summed E-state index contributed by atoms with van der Waals surface area (Å²) in [5.41, 5.74) is 7.46. The van der Waals surface area contributed by atoms with E-state index in [0.717, 1.165) is 4.47 Å². The minimum absolute atomic E-state index is 0.0793. The van der Waals surface area contributed by atoms with Gasteiger partial charge < -0.3 is 11.1 Å². The second-order valence-electron chi connectivity index (χ2n) is 3.96. The predicted molar refractivity (Wildman–Crippen MR) is 79.6 cm³/mol. The van der Waals surface area contributed by atoms with Crippen LogP contribution in [-0.2, 0) is 0 Å². The number of nitrogens with two attached hydrogens (primary N) is 1. The number of hydrogen-bond acceptors (Lipinski definition) is 5. The van der Waals surface area contributed by atoms with Crippen LogP contribution in [0, 0.1) is 21.4 Å². The first kappa shape index (κ1) is 13.8. The Morgan fingerprint density at radius 3 is 2.55 bits per heavy atom. The van der Waals surface area contributed by atoms with Crippen LogP contribution < -0.4 is 11.1 Å². The Kier molecular flexibility index (Phi) is 3.86. The van der Waals surface area contributed by atoms with E-state index in [1.165, 1.54) is 18.2 Å². The molecule has 0 radical (unpaired) electrons. The molecular weight excluding hydrogens is 324 g/mol. The SMILES string of the molecule is N#Cc1cc(Br)ccc1Nc1ccc([N+](=O)[O-])cc1N. The highest BCUT2D eigenvalue weighted by molar-refractivity contribution is 9.10. The van der Waals surface area contributed by atoms with Gasteiger partial charge in [-0.15, -0.1) is 0 Å². The largest absolute Gasteiger partial charge is 0.397 e. The second kappa shape index (κ2) is 5.59. The molecule has 2 rings (SSSR count). The molecule has 0 spiro atoms. The van der Waals surface area contributed by atoms with Crippen LogP contribution in [0.4, 0.5) is 22.7 Å². The van der Waals surface area contributed by atoms with E-state index in [2.05, 4.69) is 27.3 Å². The molecule has 2 aromatic carbocycles. The third-order valence-corrected chi connectivity index (χ3v) is 3.11. The van der Waals surface area contributed by atoms with Gasteiger partial charge in [0.2, 0.25) is 0 Å². The monoisotopic (exact) mass is 332 g/mol. The summed E-state index contributed by atoms with van der Waals surface area (Å²) < 4.78 is 0.788. The maximum Gasteiger partial charge on any atom is 0.271 e. The lowest BCUT2D eigenvalue weighted by atomic mass is 10.1. The molecule has 2 aromatic rings. The van der Waals surface area contributed by atoms with Crippen LogP contribution in [0.2, 0.25) is 0 Å². The first-order valence-electron chi connectivity index (χ1n) is 5.52. The van der Waals surface area contributed by atoms with Gasteiger partial charge in [-0.1, -0.05) is 15.9 Å². The Hall–Kier alpha value is -2.59. The highest BCUT2D eigenvalue weighted by atomic mass is 79.9. The summed E-state index contributed by atoms with van der Waals surface area (Å²) in [4.78, 5) is 10.1. The summed E-state index contributed by atoms with van der Waals surface area (Å²) in [6, 6.07) is 11.4. The molecule has 0 aliphatic rings. The Bertz CT molecular complexity index is 725. The van der Waals surface area contributed by atoms with E-state index in [9.17, 15) is 10.1 Å². The van der Waals surface area contributed by atoms with Gasteiger partial charge in [-0.3, -0.25) is 10.1 Å². The van der Waals surface area contributed by atoms with Gasteiger partial charge >= 0.3 is 0 Å². The van der Waals surface area contributed by atoms with Gasteiger partial charge in [-0.05, 0) is 24.3 Å². The van der Waals surface area contributed by atoms with Crippen molar-refractivity contribution in [3.8, 4) is 6.07 Å². The fourth-order valence-electron chi connectivity index (χ4n) is 1.64. The summed E-state index contributed by atoms with van der Waals surface area (Å²) in [7, 11) is 0. The highest BCUT2D eigenvalue weighted by Gasteiger charge is 2.10. The molecule has 0 heterocycles. The standard InChI is InChI=1S/C13H9BrN4O2/c14-9-1-3-12(8(5-9)7-15)17-13-4-2-10(18(19)20)6-11(13)16/h1-6,17H,16H2. The maximum absolute atomic E-state index is 10.6. The number of anilines is 3. The van der Waals surface area contributed by atoms with E-state index in [-0.39, 0.29) is 11.4 Å². The van der Waals surface area contributed by atoms with E-state index in [1.54, 1.807) is 18.2 Å². The molecule has 0 atom stereocenters. The molecule has 3 N–H and O–H groups in total. The minimum atomic E-state index is -0.513. The van der Waals surface area contributed by atoms with Gasteiger partial charge in [-0.2, -0.15) is 5.26 Å². The number of nitrogen functional groups attached to an aromatic ring is 1. The predicted octanol–water partition coefficient (Wildman–Crippen LogP) is 3.55. The van der Waals surface area contributed by atoms with E-state index < -0.39 is 4.92 Å². The lowest BCUT2D eigenvalue weighted by molar-refractivity contribution is -0.384. The average Bonchev–Trinajstić information content (AvgIpc) is 2.42. The second-order valence-corrected chi connectivity index (χ2v) is 4.87.